The zero-order valence-electron chi connectivity index (χ0n) is 11.8. The van der Waals surface area contributed by atoms with Crippen LogP contribution in [0.1, 0.15) is 31.7 Å². The molecule has 2 aromatic rings. The highest BCUT2D eigenvalue weighted by molar-refractivity contribution is 6.07. The van der Waals surface area contributed by atoms with Crippen LogP contribution in [0.25, 0.3) is 10.9 Å². The topological polar surface area (TPSA) is 66.0 Å². The predicted octanol–water partition coefficient (Wildman–Crippen LogP) is 2.90. The molecule has 0 bridgehead atoms. The molecule has 104 valence electrons. The number of amidine groups is 1. The first-order valence-electron chi connectivity index (χ1n) is 7.21. The zero-order chi connectivity index (χ0) is 14.1. The summed E-state index contributed by atoms with van der Waals surface area (Å²) in [4.78, 5) is 7.13. The van der Waals surface area contributed by atoms with Crippen molar-refractivity contribution in [1.29, 1.82) is 5.41 Å². The maximum atomic E-state index is 7.81. The molecule has 20 heavy (non-hydrogen) atoms. The Morgan fingerprint density at radius 2 is 2.25 bits per heavy atom. The summed E-state index contributed by atoms with van der Waals surface area (Å²) in [6, 6.07) is 10.4. The second-order valence-electron chi connectivity index (χ2n) is 5.36. The molecule has 1 aromatic heterocycles. The lowest BCUT2D eigenvalue weighted by Crippen LogP contribution is -2.29. The molecule has 3 N–H and O–H groups in total. The van der Waals surface area contributed by atoms with Crippen LogP contribution in [0, 0.1) is 5.41 Å². The monoisotopic (exact) mass is 268 g/mol. The van der Waals surface area contributed by atoms with Gasteiger partial charge in [-0.1, -0.05) is 25.1 Å². The minimum atomic E-state index is 0.108. The van der Waals surface area contributed by atoms with Crippen molar-refractivity contribution in [2.75, 3.05) is 11.4 Å². The average Bonchev–Trinajstić information content (AvgIpc) is 2.94. The van der Waals surface area contributed by atoms with Crippen molar-refractivity contribution in [3.05, 3.63) is 35.9 Å². The van der Waals surface area contributed by atoms with Gasteiger partial charge >= 0.3 is 0 Å². The third-order valence-electron chi connectivity index (χ3n) is 4.14. The molecular formula is C16H20N4. The van der Waals surface area contributed by atoms with Gasteiger partial charge in [-0.25, -0.2) is 4.98 Å². The fourth-order valence-corrected chi connectivity index (χ4v) is 3.09. The van der Waals surface area contributed by atoms with Gasteiger partial charge in [-0.05, 0) is 31.4 Å². The molecule has 3 rings (SSSR count). The van der Waals surface area contributed by atoms with E-state index >= 15 is 0 Å². The van der Waals surface area contributed by atoms with Gasteiger partial charge in [0.15, 0.2) is 0 Å². The fourth-order valence-electron chi connectivity index (χ4n) is 3.09. The Morgan fingerprint density at radius 3 is 3.00 bits per heavy atom. The minimum Gasteiger partial charge on any atom is -0.384 e. The first-order chi connectivity index (χ1) is 9.70. The van der Waals surface area contributed by atoms with Crippen LogP contribution >= 0.6 is 0 Å². The van der Waals surface area contributed by atoms with Crippen molar-refractivity contribution in [3.8, 4) is 0 Å². The number of para-hydroxylation sites is 1. The second kappa shape index (κ2) is 5.12. The summed E-state index contributed by atoms with van der Waals surface area (Å²) in [5, 5.41) is 8.77. The number of rotatable bonds is 3. The number of hydrogen-bond donors (Lipinski definition) is 2. The fraction of sp³-hybridized carbons (Fsp3) is 0.375. The van der Waals surface area contributed by atoms with Gasteiger partial charge in [0.2, 0.25) is 0 Å². The van der Waals surface area contributed by atoms with Gasteiger partial charge in [0.1, 0.15) is 11.7 Å². The van der Waals surface area contributed by atoms with Crippen LogP contribution in [-0.4, -0.2) is 23.4 Å². The molecule has 0 radical (unpaired) electrons. The summed E-state index contributed by atoms with van der Waals surface area (Å²) in [7, 11) is 0. The number of pyridine rings is 1. The van der Waals surface area contributed by atoms with Crippen LogP contribution in [-0.2, 0) is 0 Å². The molecule has 1 aliphatic rings. The molecule has 0 saturated carbocycles. The van der Waals surface area contributed by atoms with Crippen molar-refractivity contribution in [2.45, 2.75) is 32.2 Å². The van der Waals surface area contributed by atoms with E-state index in [9.17, 15) is 0 Å². The van der Waals surface area contributed by atoms with Crippen LogP contribution in [0.5, 0.6) is 0 Å². The highest BCUT2D eigenvalue weighted by Crippen LogP contribution is 2.29. The maximum absolute atomic E-state index is 7.81. The molecule has 1 atom stereocenters. The quantitative estimate of drug-likeness (QED) is 0.664. The number of nitrogen functional groups attached to an aromatic ring is 1. The van der Waals surface area contributed by atoms with E-state index < -0.39 is 0 Å². The molecule has 4 nitrogen and oxygen atoms in total. The predicted molar refractivity (Wildman–Crippen MR) is 83.4 cm³/mol. The largest absolute Gasteiger partial charge is 0.384 e. The molecule has 1 aliphatic heterocycles. The summed E-state index contributed by atoms with van der Waals surface area (Å²) in [5.74, 6) is 1.07. The number of nitrogens with one attached hydrogen (secondary N) is 1. The van der Waals surface area contributed by atoms with E-state index in [1.165, 1.54) is 12.8 Å². The number of fused-ring (bicyclic) bond motifs is 1. The summed E-state index contributed by atoms with van der Waals surface area (Å²) in [5.41, 5.74) is 7.45. The molecule has 4 heteroatoms. The van der Waals surface area contributed by atoms with Crippen molar-refractivity contribution >= 4 is 22.6 Å². The molecule has 1 unspecified atom stereocenters. The van der Waals surface area contributed by atoms with E-state index in [4.69, 9.17) is 16.1 Å². The molecule has 0 spiro atoms. The van der Waals surface area contributed by atoms with E-state index in [-0.39, 0.29) is 5.84 Å². The highest BCUT2D eigenvalue weighted by atomic mass is 15.2. The SMILES string of the molecule is CCC1CCCN1c1cc(C(=N)N)c2ccccc2n1. The van der Waals surface area contributed by atoms with Crippen molar-refractivity contribution in [1.82, 2.24) is 4.98 Å². The Kier molecular flexibility index (Phi) is 3.30. The number of anilines is 1. The highest BCUT2D eigenvalue weighted by Gasteiger charge is 2.25. The zero-order valence-corrected chi connectivity index (χ0v) is 11.8. The lowest BCUT2D eigenvalue weighted by molar-refractivity contribution is 0.641. The summed E-state index contributed by atoms with van der Waals surface area (Å²) in [6.45, 7) is 3.26. The Balaban J connectivity index is 2.15. The summed E-state index contributed by atoms with van der Waals surface area (Å²) in [6.07, 6.45) is 3.56. The van der Waals surface area contributed by atoms with Gasteiger partial charge < -0.3 is 10.6 Å². The Hall–Kier alpha value is -2.10. The molecule has 1 fully saturated rings. The lowest BCUT2D eigenvalue weighted by atomic mass is 10.1. The molecule has 0 amide bonds. The van der Waals surface area contributed by atoms with Gasteiger partial charge in [0.25, 0.3) is 0 Å². The van der Waals surface area contributed by atoms with Crippen molar-refractivity contribution in [3.63, 3.8) is 0 Å². The number of aromatic nitrogens is 1. The van der Waals surface area contributed by atoms with Gasteiger partial charge in [-0.15, -0.1) is 0 Å². The van der Waals surface area contributed by atoms with E-state index in [0.29, 0.717) is 6.04 Å². The number of nitrogens with zero attached hydrogens (tertiary/aromatic N) is 2. The molecule has 2 heterocycles. The molecule has 1 saturated heterocycles. The van der Waals surface area contributed by atoms with E-state index in [1.54, 1.807) is 0 Å². The lowest BCUT2D eigenvalue weighted by Gasteiger charge is -2.25. The standard InChI is InChI=1S/C16H20N4/c1-2-11-6-5-9-20(11)15-10-13(16(17)18)12-7-3-4-8-14(12)19-15/h3-4,7-8,10-11H,2,5-6,9H2,1H3,(H3,17,18). The van der Waals surface area contributed by atoms with E-state index in [2.05, 4.69) is 11.8 Å². The van der Waals surface area contributed by atoms with Crippen LogP contribution in [0.15, 0.2) is 30.3 Å². The van der Waals surface area contributed by atoms with Gasteiger partial charge in [-0.3, -0.25) is 5.41 Å². The third kappa shape index (κ3) is 2.11. The van der Waals surface area contributed by atoms with Crippen LogP contribution in [0.4, 0.5) is 5.82 Å². The first kappa shape index (κ1) is 12.9. The summed E-state index contributed by atoms with van der Waals surface area (Å²) < 4.78 is 0. The Bertz CT molecular complexity index is 650. The van der Waals surface area contributed by atoms with E-state index in [0.717, 1.165) is 35.2 Å². The third-order valence-corrected chi connectivity index (χ3v) is 4.14. The van der Waals surface area contributed by atoms with E-state index in [1.807, 2.05) is 30.3 Å². The van der Waals surface area contributed by atoms with Crippen molar-refractivity contribution in [2.24, 2.45) is 5.73 Å². The maximum Gasteiger partial charge on any atom is 0.130 e. The van der Waals surface area contributed by atoms with Crippen LogP contribution in [0.2, 0.25) is 0 Å². The number of benzene rings is 1. The number of hydrogen-bond acceptors (Lipinski definition) is 3. The average molecular weight is 268 g/mol. The minimum absolute atomic E-state index is 0.108. The normalized spacial score (nSPS) is 18.6. The van der Waals surface area contributed by atoms with Gasteiger partial charge in [0, 0.05) is 23.5 Å². The van der Waals surface area contributed by atoms with Crippen LogP contribution < -0.4 is 10.6 Å². The van der Waals surface area contributed by atoms with Gasteiger partial charge in [-0.2, -0.15) is 0 Å². The van der Waals surface area contributed by atoms with Crippen molar-refractivity contribution < 1.29 is 0 Å². The van der Waals surface area contributed by atoms with Gasteiger partial charge in [0.05, 0.1) is 5.52 Å². The summed E-state index contributed by atoms with van der Waals surface area (Å²) >= 11 is 0. The molecular weight excluding hydrogens is 248 g/mol. The first-order valence-corrected chi connectivity index (χ1v) is 7.21. The molecule has 1 aromatic carbocycles. The number of nitrogens with two attached hydrogens (primary N) is 1. The van der Waals surface area contributed by atoms with Crippen LogP contribution in [0.3, 0.4) is 0 Å². The Labute approximate surface area is 119 Å². The Morgan fingerprint density at radius 1 is 1.45 bits per heavy atom. The second-order valence-corrected chi connectivity index (χ2v) is 5.36. The molecule has 0 aliphatic carbocycles. The smallest absolute Gasteiger partial charge is 0.130 e.